The van der Waals surface area contributed by atoms with Gasteiger partial charge in [0.05, 0.1) is 30.8 Å². The van der Waals surface area contributed by atoms with Crippen LogP contribution in [0, 0.1) is 6.92 Å². The first kappa shape index (κ1) is 23.9. The molecular weight excluding hydrogens is 404 g/mol. The lowest BCUT2D eigenvalue weighted by Crippen LogP contribution is -2.38. The zero-order valence-corrected chi connectivity index (χ0v) is 19.6. The van der Waals surface area contributed by atoms with E-state index in [1.165, 1.54) is 5.56 Å². The molecule has 0 spiro atoms. The summed E-state index contributed by atoms with van der Waals surface area (Å²) >= 11 is 0. The summed E-state index contributed by atoms with van der Waals surface area (Å²) in [5, 5.41) is 4.38. The maximum Gasteiger partial charge on any atom is 0.319 e. The van der Waals surface area contributed by atoms with Crippen LogP contribution < -0.4 is 15.1 Å². The predicted molar refractivity (Wildman–Crippen MR) is 130 cm³/mol. The van der Waals surface area contributed by atoms with E-state index < -0.39 is 0 Å². The van der Waals surface area contributed by atoms with Crippen LogP contribution in [0.25, 0.3) is 0 Å². The molecule has 0 unspecified atom stereocenters. The Kier molecular flexibility index (Phi) is 9.71. The largest absolute Gasteiger partial charge is 0.462 e. The van der Waals surface area contributed by atoms with E-state index in [0.29, 0.717) is 18.3 Å². The van der Waals surface area contributed by atoms with Gasteiger partial charge >= 0.3 is 6.01 Å². The molecule has 1 N–H and O–H groups in total. The van der Waals surface area contributed by atoms with E-state index in [1.807, 2.05) is 24.3 Å². The Labute approximate surface area is 191 Å². The van der Waals surface area contributed by atoms with Gasteiger partial charge in [0.15, 0.2) is 0 Å². The summed E-state index contributed by atoms with van der Waals surface area (Å²) in [6, 6.07) is 10.5. The number of nitrogens with zero attached hydrogens (tertiary/aromatic N) is 5. The molecule has 32 heavy (non-hydrogen) atoms. The number of anilines is 2. The van der Waals surface area contributed by atoms with Crippen LogP contribution in [0.15, 0.2) is 35.4 Å². The molecule has 0 amide bonds. The number of benzene rings is 1. The number of ether oxygens (including phenoxy) is 2. The van der Waals surface area contributed by atoms with Gasteiger partial charge in [-0.15, -0.1) is 0 Å². The zero-order chi connectivity index (χ0) is 22.6. The molecule has 1 aliphatic heterocycles. The molecule has 0 atom stereocenters. The van der Waals surface area contributed by atoms with Crippen molar-refractivity contribution >= 4 is 17.7 Å². The van der Waals surface area contributed by atoms with Crippen molar-refractivity contribution in [1.82, 2.24) is 14.9 Å². The molecule has 8 heteroatoms. The van der Waals surface area contributed by atoms with Crippen LogP contribution in [0.5, 0.6) is 6.01 Å². The molecule has 0 radical (unpaired) electrons. The van der Waals surface area contributed by atoms with Crippen LogP contribution in [0.3, 0.4) is 0 Å². The summed E-state index contributed by atoms with van der Waals surface area (Å²) in [6.07, 6.45) is 3.82. The average molecular weight is 441 g/mol. The quantitative estimate of drug-likeness (QED) is 0.399. The fraction of sp³-hybridized carbons (Fsp3) is 0.542. The third-order valence-corrected chi connectivity index (χ3v) is 5.17. The summed E-state index contributed by atoms with van der Waals surface area (Å²) in [4.78, 5) is 13.9. The molecule has 2 heterocycles. The molecule has 0 aliphatic carbocycles. The van der Waals surface area contributed by atoms with Crippen LogP contribution >= 0.6 is 0 Å². The first-order chi connectivity index (χ1) is 15.7. The Hall–Kier alpha value is -2.71. The van der Waals surface area contributed by atoms with Gasteiger partial charge in [0, 0.05) is 38.8 Å². The summed E-state index contributed by atoms with van der Waals surface area (Å²) in [7, 11) is 0. The predicted octanol–water partition coefficient (Wildman–Crippen LogP) is 3.57. The van der Waals surface area contributed by atoms with E-state index in [2.05, 4.69) is 52.1 Å². The molecule has 0 saturated carbocycles. The lowest BCUT2D eigenvalue weighted by molar-refractivity contribution is 0.0317. The lowest BCUT2D eigenvalue weighted by Gasteiger charge is -2.26. The number of aryl methyl sites for hydroxylation is 1. The highest BCUT2D eigenvalue weighted by molar-refractivity contribution is 5.79. The van der Waals surface area contributed by atoms with Crippen LogP contribution in [0.1, 0.15) is 37.9 Å². The molecule has 1 aromatic carbocycles. The molecule has 1 fully saturated rings. The molecule has 1 saturated heterocycles. The Morgan fingerprint density at radius 3 is 2.66 bits per heavy atom. The van der Waals surface area contributed by atoms with Crippen LogP contribution in [0.2, 0.25) is 0 Å². The van der Waals surface area contributed by atoms with Crippen LogP contribution in [-0.4, -0.2) is 73.6 Å². The Morgan fingerprint density at radius 1 is 1.16 bits per heavy atom. The second-order valence-electron chi connectivity index (χ2n) is 7.96. The summed E-state index contributed by atoms with van der Waals surface area (Å²) < 4.78 is 11.4. The second-order valence-corrected chi connectivity index (χ2v) is 7.96. The number of hydrazone groups is 1. The number of hydrogen-bond acceptors (Lipinski definition) is 8. The first-order valence-corrected chi connectivity index (χ1v) is 11.6. The van der Waals surface area contributed by atoms with Gasteiger partial charge in [-0.2, -0.15) is 15.1 Å². The van der Waals surface area contributed by atoms with Crippen LogP contribution in [0.4, 0.5) is 11.5 Å². The lowest BCUT2D eigenvalue weighted by atomic mass is 10.2. The number of nitrogens with one attached hydrogen (secondary N) is 1. The fourth-order valence-corrected chi connectivity index (χ4v) is 3.58. The van der Waals surface area contributed by atoms with Crippen molar-refractivity contribution in [3.63, 3.8) is 0 Å². The van der Waals surface area contributed by atoms with Crippen molar-refractivity contribution in [3.8, 4) is 6.01 Å². The van der Waals surface area contributed by atoms with Gasteiger partial charge in [0.2, 0.25) is 0 Å². The summed E-state index contributed by atoms with van der Waals surface area (Å²) in [5.74, 6) is 0.877. The number of aromatic nitrogens is 2. The standard InChI is InChI=1S/C24H36N6O2/c1-4-9-30(10-5-2)23-18-22(19-25-28-21-8-6-7-20(3)17-21)26-24(27-23)32-16-13-29-11-14-31-15-12-29/h6-8,17-19,28H,4-5,9-16H2,1-3H3/b25-19+. The van der Waals surface area contributed by atoms with Gasteiger partial charge in [-0.25, -0.2) is 0 Å². The highest BCUT2D eigenvalue weighted by atomic mass is 16.5. The Morgan fingerprint density at radius 2 is 1.94 bits per heavy atom. The van der Waals surface area contributed by atoms with Gasteiger partial charge in [0.1, 0.15) is 12.4 Å². The SMILES string of the molecule is CCCN(CCC)c1cc(/C=N/Nc2cccc(C)c2)nc(OCCN2CCOCC2)n1. The van der Waals surface area contributed by atoms with Gasteiger partial charge in [-0.05, 0) is 37.5 Å². The highest BCUT2D eigenvalue weighted by Crippen LogP contribution is 2.17. The molecule has 2 aromatic rings. The van der Waals surface area contributed by atoms with Gasteiger partial charge in [-0.3, -0.25) is 10.3 Å². The minimum absolute atomic E-state index is 0.393. The molecule has 3 rings (SSSR count). The number of rotatable bonds is 12. The van der Waals surface area contributed by atoms with E-state index in [1.54, 1.807) is 6.21 Å². The topological polar surface area (TPSA) is 75.1 Å². The van der Waals surface area contributed by atoms with Crippen molar-refractivity contribution < 1.29 is 9.47 Å². The molecule has 174 valence electrons. The van der Waals surface area contributed by atoms with E-state index in [9.17, 15) is 0 Å². The highest BCUT2D eigenvalue weighted by Gasteiger charge is 2.13. The molecular formula is C24H36N6O2. The molecule has 1 aromatic heterocycles. The Bertz CT molecular complexity index is 848. The smallest absolute Gasteiger partial charge is 0.319 e. The fourth-order valence-electron chi connectivity index (χ4n) is 3.58. The van der Waals surface area contributed by atoms with Crippen molar-refractivity contribution in [2.75, 3.05) is 62.9 Å². The van der Waals surface area contributed by atoms with Crippen molar-refractivity contribution in [2.24, 2.45) is 5.10 Å². The van der Waals surface area contributed by atoms with Gasteiger partial charge in [-0.1, -0.05) is 26.0 Å². The van der Waals surface area contributed by atoms with Crippen molar-refractivity contribution in [1.29, 1.82) is 0 Å². The number of hydrogen-bond donors (Lipinski definition) is 1. The zero-order valence-electron chi connectivity index (χ0n) is 19.6. The minimum Gasteiger partial charge on any atom is -0.462 e. The van der Waals surface area contributed by atoms with E-state index in [4.69, 9.17) is 14.5 Å². The molecule has 1 aliphatic rings. The summed E-state index contributed by atoms with van der Waals surface area (Å²) in [6.45, 7) is 13.1. The minimum atomic E-state index is 0.393. The normalized spacial score (nSPS) is 14.6. The van der Waals surface area contributed by atoms with E-state index in [0.717, 1.165) is 70.3 Å². The van der Waals surface area contributed by atoms with Gasteiger partial charge in [0.25, 0.3) is 0 Å². The molecule has 0 bridgehead atoms. The van der Waals surface area contributed by atoms with E-state index in [-0.39, 0.29) is 0 Å². The van der Waals surface area contributed by atoms with Gasteiger partial charge < -0.3 is 14.4 Å². The summed E-state index contributed by atoms with van der Waals surface area (Å²) in [5.41, 5.74) is 5.91. The second kappa shape index (κ2) is 13.0. The first-order valence-electron chi connectivity index (χ1n) is 11.6. The maximum absolute atomic E-state index is 5.96. The van der Waals surface area contributed by atoms with Crippen molar-refractivity contribution in [3.05, 3.63) is 41.6 Å². The monoisotopic (exact) mass is 440 g/mol. The van der Waals surface area contributed by atoms with Crippen molar-refractivity contribution in [2.45, 2.75) is 33.6 Å². The molecule has 8 nitrogen and oxygen atoms in total. The maximum atomic E-state index is 5.96. The third-order valence-electron chi connectivity index (χ3n) is 5.17. The van der Waals surface area contributed by atoms with Crippen LogP contribution in [-0.2, 0) is 4.74 Å². The van der Waals surface area contributed by atoms with E-state index >= 15 is 0 Å². The number of morpholine rings is 1. The Balaban J connectivity index is 1.71. The third kappa shape index (κ3) is 7.76. The average Bonchev–Trinajstić information content (AvgIpc) is 2.80.